The molecular weight excluding hydrogens is 454 g/mol. The van der Waals surface area contributed by atoms with Gasteiger partial charge in [-0.2, -0.15) is 0 Å². The number of amides is 1. The Morgan fingerprint density at radius 1 is 0.912 bits per heavy atom. The summed E-state index contributed by atoms with van der Waals surface area (Å²) in [5.74, 6) is -0.320. The number of rotatable bonds is 9. The Bertz CT molecular complexity index is 1300. The van der Waals surface area contributed by atoms with Crippen LogP contribution in [0, 0.1) is 0 Å². The van der Waals surface area contributed by atoms with Crippen LogP contribution in [0.15, 0.2) is 72.8 Å². The Morgan fingerprint density at radius 3 is 2.18 bits per heavy atom. The lowest BCUT2D eigenvalue weighted by atomic mass is 10.1. The van der Waals surface area contributed by atoms with E-state index in [9.17, 15) is 9.59 Å². The number of carboxylic acids is 1. The lowest BCUT2D eigenvalue weighted by Gasteiger charge is -2.10. The highest BCUT2D eigenvalue weighted by Crippen LogP contribution is 2.27. The number of aliphatic carboxylic acids is 1. The zero-order chi connectivity index (χ0) is 24.1. The second-order valence-corrected chi connectivity index (χ2v) is 8.74. The van der Waals surface area contributed by atoms with Gasteiger partial charge in [-0.05, 0) is 58.5 Å². The number of hydroxylamine groups is 1. The standard InChI is InChI=1S/C25H23N3O5S/c26-23(25(30)31)17-5-9-20(10-6-17)33-19-7-2-15(3-8-19)13-27-14-16-1-4-18-12-22(24(29)28-32)34-21(18)11-16/h1-12,23,27,32H,13-14,26H2,(H,28,29)(H,30,31)/t23-/m0/s1. The summed E-state index contributed by atoms with van der Waals surface area (Å²) >= 11 is 1.33. The average molecular weight is 478 g/mol. The van der Waals surface area contributed by atoms with Crippen LogP contribution >= 0.6 is 11.3 Å². The van der Waals surface area contributed by atoms with Crippen molar-refractivity contribution in [2.24, 2.45) is 5.73 Å². The normalized spacial score (nSPS) is 11.8. The predicted molar refractivity (Wildman–Crippen MR) is 129 cm³/mol. The molecule has 1 heterocycles. The third-order valence-corrected chi connectivity index (χ3v) is 6.33. The number of nitrogens with one attached hydrogen (secondary N) is 2. The number of thiophene rings is 1. The van der Waals surface area contributed by atoms with E-state index in [1.54, 1.807) is 35.8 Å². The number of carbonyl (C=O) groups excluding carboxylic acids is 1. The second kappa shape index (κ2) is 10.4. The Labute approximate surface area is 199 Å². The van der Waals surface area contributed by atoms with Gasteiger partial charge in [-0.3, -0.25) is 14.8 Å². The molecule has 0 saturated heterocycles. The number of hydrogen-bond acceptors (Lipinski definition) is 7. The molecule has 0 bridgehead atoms. The maximum Gasteiger partial charge on any atom is 0.325 e. The number of nitrogens with two attached hydrogens (primary N) is 1. The zero-order valence-corrected chi connectivity index (χ0v) is 18.8. The summed E-state index contributed by atoms with van der Waals surface area (Å²) in [6, 6.07) is 21.1. The molecule has 174 valence electrons. The van der Waals surface area contributed by atoms with Crippen molar-refractivity contribution in [2.45, 2.75) is 19.1 Å². The fraction of sp³-hybridized carbons (Fsp3) is 0.120. The molecule has 0 radical (unpaired) electrons. The molecule has 0 fully saturated rings. The van der Waals surface area contributed by atoms with Crippen LogP contribution in [0.5, 0.6) is 11.5 Å². The van der Waals surface area contributed by atoms with Crippen molar-refractivity contribution >= 4 is 33.3 Å². The summed E-state index contributed by atoms with van der Waals surface area (Å²) in [6.45, 7) is 1.33. The molecule has 1 aromatic heterocycles. The first-order valence-electron chi connectivity index (χ1n) is 10.5. The third kappa shape index (κ3) is 5.59. The van der Waals surface area contributed by atoms with Gasteiger partial charge in [0, 0.05) is 17.8 Å². The minimum Gasteiger partial charge on any atom is -0.480 e. The molecule has 0 spiro atoms. The summed E-state index contributed by atoms with van der Waals surface area (Å²) < 4.78 is 6.80. The van der Waals surface area contributed by atoms with Crippen molar-refractivity contribution in [1.82, 2.24) is 10.8 Å². The van der Waals surface area contributed by atoms with Crippen LogP contribution < -0.4 is 21.3 Å². The van der Waals surface area contributed by atoms with Gasteiger partial charge in [-0.15, -0.1) is 11.3 Å². The molecule has 0 saturated carbocycles. The van der Waals surface area contributed by atoms with Crippen LogP contribution in [0.4, 0.5) is 0 Å². The lowest BCUT2D eigenvalue weighted by molar-refractivity contribution is -0.138. The van der Waals surface area contributed by atoms with E-state index >= 15 is 0 Å². The molecule has 1 amide bonds. The fourth-order valence-electron chi connectivity index (χ4n) is 3.40. The minimum atomic E-state index is -1.08. The predicted octanol–water partition coefficient (Wildman–Crippen LogP) is 4.19. The highest BCUT2D eigenvalue weighted by molar-refractivity contribution is 7.20. The molecule has 0 aliphatic carbocycles. The van der Waals surface area contributed by atoms with E-state index in [4.69, 9.17) is 20.8 Å². The molecule has 4 aromatic rings. The topological polar surface area (TPSA) is 134 Å². The summed E-state index contributed by atoms with van der Waals surface area (Å²) in [4.78, 5) is 23.0. The zero-order valence-electron chi connectivity index (χ0n) is 18.0. The van der Waals surface area contributed by atoms with E-state index in [0.717, 1.165) is 21.2 Å². The number of ether oxygens (including phenoxy) is 1. The Kier molecular flexibility index (Phi) is 7.19. The van der Waals surface area contributed by atoms with Crippen molar-refractivity contribution in [3.05, 3.63) is 94.4 Å². The van der Waals surface area contributed by atoms with Gasteiger partial charge in [0.05, 0.1) is 4.88 Å². The first-order chi connectivity index (χ1) is 16.4. The van der Waals surface area contributed by atoms with Crippen molar-refractivity contribution in [2.75, 3.05) is 0 Å². The van der Waals surface area contributed by atoms with Gasteiger partial charge in [0.2, 0.25) is 0 Å². The maximum absolute atomic E-state index is 11.6. The van der Waals surface area contributed by atoms with Crippen molar-refractivity contribution in [3.8, 4) is 11.5 Å². The van der Waals surface area contributed by atoms with Gasteiger partial charge in [0.25, 0.3) is 5.91 Å². The van der Waals surface area contributed by atoms with Crippen LogP contribution in [-0.4, -0.2) is 22.2 Å². The molecule has 0 aliphatic heterocycles. The van der Waals surface area contributed by atoms with Crippen molar-refractivity contribution in [1.29, 1.82) is 0 Å². The Balaban J connectivity index is 1.30. The number of fused-ring (bicyclic) bond motifs is 1. The van der Waals surface area contributed by atoms with Gasteiger partial charge < -0.3 is 20.9 Å². The smallest absolute Gasteiger partial charge is 0.325 e. The highest BCUT2D eigenvalue weighted by Gasteiger charge is 2.14. The van der Waals surface area contributed by atoms with E-state index in [1.165, 1.54) is 11.3 Å². The number of benzene rings is 3. The fourth-order valence-corrected chi connectivity index (χ4v) is 4.42. The first-order valence-corrected chi connectivity index (χ1v) is 11.3. The van der Waals surface area contributed by atoms with E-state index in [-0.39, 0.29) is 0 Å². The Morgan fingerprint density at radius 2 is 1.53 bits per heavy atom. The summed E-state index contributed by atoms with van der Waals surface area (Å²) in [6.07, 6.45) is 0. The number of carboxylic acid groups (broad SMARTS) is 1. The minimum absolute atomic E-state index is 0.463. The molecule has 4 rings (SSSR count). The van der Waals surface area contributed by atoms with E-state index in [0.29, 0.717) is 35.0 Å². The molecule has 6 N–H and O–H groups in total. The van der Waals surface area contributed by atoms with E-state index < -0.39 is 17.9 Å². The SMILES string of the molecule is N[C@H](C(=O)O)c1ccc(Oc2ccc(CNCc3ccc4cc(C(=O)NO)sc4c3)cc2)cc1. The lowest BCUT2D eigenvalue weighted by Crippen LogP contribution is -2.20. The second-order valence-electron chi connectivity index (χ2n) is 7.66. The quantitative estimate of drug-likeness (QED) is 0.180. The van der Waals surface area contributed by atoms with Gasteiger partial charge in [-0.25, -0.2) is 5.48 Å². The van der Waals surface area contributed by atoms with Crippen LogP contribution in [-0.2, 0) is 17.9 Å². The van der Waals surface area contributed by atoms with Crippen molar-refractivity contribution in [3.63, 3.8) is 0 Å². The number of hydrogen-bond donors (Lipinski definition) is 5. The summed E-state index contributed by atoms with van der Waals surface area (Å²) in [7, 11) is 0. The first kappa shape index (κ1) is 23.4. The largest absolute Gasteiger partial charge is 0.480 e. The molecule has 0 unspecified atom stereocenters. The molecule has 34 heavy (non-hydrogen) atoms. The van der Waals surface area contributed by atoms with Crippen LogP contribution in [0.3, 0.4) is 0 Å². The Hall–Kier alpha value is -3.76. The molecule has 9 heteroatoms. The summed E-state index contributed by atoms with van der Waals surface area (Å²) in [5, 5.41) is 22.1. The van der Waals surface area contributed by atoms with E-state index in [1.807, 2.05) is 42.5 Å². The molecular formula is C25H23N3O5S. The maximum atomic E-state index is 11.6. The third-order valence-electron chi connectivity index (χ3n) is 5.23. The van der Waals surface area contributed by atoms with Crippen LogP contribution in [0.2, 0.25) is 0 Å². The van der Waals surface area contributed by atoms with Crippen LogP contribution in [0.1, 0.15) is 32.4 Å². The number of carbonyl (C=O) groups is 2. The van der Waals surface area contributed by atoms with Crippen LogP contribution in [0.25, 0.3) is 10.1 Å². The van der Waals surface area contributed by atoms with Crippen molar-refractivity contribution < 1.29 is 24.6 Å². The molecule has 0 aliphatic rings. The average Bonchev–Trinajstić information content (AvgIpc) is 3.28. The van der Waals surface area contributed by atoms with E-state index in [2.05, 4.69) is 5.32 Å². The highest BCUT2D eigenvalue weighted by atomic mass is 32.1. The molecule has 3 aromatic carbocycles. The van der Waals surface area contributed by atoms with Gasteiger partial charge in [-0.1, -0.05) is 36.4 Å². The summed E-state index contributed by atoms with van der Waals surface area (Å²) in [5.41, 5.74) is 9.97. The van der Waals surface area contributed by atoms with Gasteiger partial charge >= 0.3 is 5.97 Å². The monoisotopic (exact) mass is 477 g/mol. The molecule has 1 atom stereocenters. The van der Waals surface area contributed by atoms with Gasteiger partial charge in [0.1, 0.15) is 17.5 Å². The van der Waals surface area contributed by atoms with Gasteiger partial charge in [0.15, 0.2) is 0 Å². The molecule has 8 nitrogen and oxygen atoms in total.